The molecule has 10 heteroatoms. The Morgan fingerprint density at radius 3 is 2.97 bits per heavy atom. The highest BCUT2D eigenvalue weighted by molar-refractivity contribution is 5.92. The number of ether oxygens (including phenoxy) is 1. The number of rotatable bonds is 4. The zero-order chi connectivity index (χ0) is 21.2. The first kappa shape index (κ1) is 19.2. The molecule has 0 radical (unpaired) electrons. The minimum Gasteiger partial charge on any atom is -0.383 e. The van der Waals surface area contributed by atoms with Gasteiger partial charge in [-0.1, -0.05) is 35.5 Å². The Bertz CT molecular complexity index is 1220. The van der Waals surface area contributed by atoms with Crippen molar-refractivity contribution < 1.29 is 9.53 Å². The Morgan fingerprint density at radius 2 is 2.13 bits per heavy atom. The van der Waals surface area contributed by atoms with Crippen molar-refractivity contribution in [2.45, 2.75) is 25.6 Å². The van der Waals surface area contributed by atoms with E-state index in [1.54, 1.807) is 18.0 Å². The molecule has 1 aliphatic rings. The lowest BCUT2D eigenvalue weighted by Crippen LogP contribution is -2.34. The molecule has 0 fully saturated rings. The second-order valence-electron chi connectivity index (χ2n) is 7.43. The summed E-state index contributed by atoms with van der Waals surface area (Å²) in [5.74, 6) is 0.457. The Balaban J connectivity index is 1.56. The number of nitrogens with zero attached hydrogens (tertiary/aromatic N) is 6. The average Bonchev–Trinajstić information content (AvgIpc) is 3.38. The van der Waals surface area contributed by atoms with Gasteiger partial charge in [0.25, 0.3) is 0 Å². The van der Waals surface area contributed by atoms with Crippen LogP contribution in [0.1, 0.15) is 23.0 Å². The topological polar surface area (TPSA) is 112 Å². The number of hydrogen-bond donors (Lipinski definition) is 2. The van der Waals surface area contributed by atoms with Crippen molar-refractivity contribution in [2.24, 2.45) is 0 Å². The smallest absolute Gasteiger partial charge is 0.320 e. The highest BCUT2D eigenvalue weighted by Gasteiger charge is 2.20. The first-order valence-electron chi connectivity index (χ1n) is 10.1. The molecule has 0 saturated heterocycles. The van der Waals surface area contributed by atoms with Crippen LogP contribution in [0.3, 0.4) is 0 Å². The molecule has 10 nitrogen and oxygen atoms in total. The van der Waals surface area contributed by atoms with Crippen molar-refractivity contribution in [1.29, 1.82) is 0 Å². The van der Waals surface area contributed by atoms with E-state index in [2.05, 4.69) is 26.0 Å². The van der Waals surface area contributed by atoms with Gasteiger partial charge in [0.1, 0.15) is 5.82 Å². The number of methoxy groups -OCH3 is 1. The van der Waals surface area contributed by atoms with E-state index in [-0.39, 0.29) is 12.1 Å². The number of carbonyl (C=O) groups excluding carboxylic acids is 1. The fourth-order valence-corrected chi connectivity index (χ4v) is 3.84. The summed E-state index contributed by atoms with van der Waals surface area (Å²) in [6.07, 6.45) is 4.19. The summed E-state index contributed by atoms with van der Waals surface area (Å²) in [4.78, 5) is 17.5. The molecule has 2 N–H and O–H groups in total. The van der Waals surface area contributed by atoms with Crippen molar-refractivity contribution in [2.75, 3.05) is 19.0 Å². The highest BCUT2D eigenvalue weighted by Crippen LogP contribution is 2.24. The lowest BCUT2D eigenvalue weighted by molar-refractivity contribution is 0.185. The van der Waals surface area contributed by atoms with Crippen molar-refractivity contribution in [3.8, 4) is 0 Å². The normalized spacial score (nSPS) is 16.3. The molecule has 4 bridgehead atoms. The number of carbonyl (C=O) groups is 1. The molecule has 1 aliphatic heterocycles. The summed E-state index contributed by atoms with van der Waals surface area (Å²) in [5, 5.41) is 19.9. The van der Waals surface area contributed by atoms with E-state index in [9.17, 15) is 4.79 Å². The van der Waals surface area contributed by atoms with Crippen LogP contribution in [-0.4, -0.2) is 49.5 Å². The predicted molar refractivity (Wildman–Crippen MR) is 114 cm³/mol. The number of benzene rings is 1. The van der Waals surface area contributed by atoms with Crippen molar-refractivity contribution >= 4 is 22.8 Å². The number of nitrogens with one attached hydrogen (secondary N) is 2. The molecule has 2 amide bonds. The summed E-state index contributed by atoms with van der Waals surface area (Å²) in [5.41, 5.74) is 3.42. The van der Waals surface area contributed by atoms with Crippen LogP contribution in [0.15, 0.2) is 48.8 Å². The zero-order valence-electron chi connectivity index (χ0n) is 17.0. The maximum Gasteiger partial charge on any atom is 0.320 e. The van der Waals surface area contributed by atoms with E-state index in [1.807, 2.05) is 47.3 Å². The van der Waals surface area contributed by atoms with E-state index in [0.29, 0.717) is 31.9 Å². The van der Waals surface area contributed by atoms with E-state index in [4.69, 9.17) is 9.72 Å². The lowest BCUT2D eigenvalue weighted by Gasteiger charge is -2.19. The average molecular weight is 418 g/mol. The van der Waals surface area contributed by atoms with Crippen LogP contribution in [-0.2, 0) is 24.2 Å². The Morgan fingerprint density at radius 1 is 1.26 bits per heavy atom. The third kappa shape index (κ3) is 3.97. The third-order valence-electron chi connectivity index (χ3n) is 5.26. The van der Waals surface area contributed by atoms with Crippen LogP contribution in [0.2, 0.25) is 0 Å². The van der Waals surface area contributed by atoms with E-state index >= 15 is 0 Å². The van der Waals surface area contributed by atoms with Gasteiger partial charge >= 0.3 is 6.03 Å². The summed E-state index contributed by atoms with van der Waals surface area (Å²) in [7, 11) is 1.66. The summed E-state index contributed by atoms with van der Waals surface area (Å²) in [6.45, 7) is 1.55. The van der Waals surface area contributed by atoms with Crippen LogP contribution in [0.4, 0.5) is 10.6 Å². The lowest BCUT2D eigenvalue weighted by atomic mass is 10.0. The van der Waals surface area contributed by atoms with Crippen molar-refractivity contribution in [1.82, 2.24) is 35.1 Å². The number of urea groups is 1. The molecule has 0 aliphatic carbocycles. The molecular formula is C21H22N8O2. The van der Waals surface area contributed by atoms with Crippen LogP contribution >= 0.6 is 0 Å². The Labute approximate surface area is 178 Å². The van der Waals surface area contributed by atoms with Gasteiger partial charge in [-0.2, -0.15) is 5.10 Å². The van der Waals surface area contributed by atoms with Crippen molar-refractivity contribution in [3.05, 3.63) is 65.7 Å². The second kappa shape index (κ2) is 8.15. The summed E-state index contributed by atoms with van der Waals surface area (Å²) >= 11 is 0. The number of pyridine rings is 1. The molecular weight excluding hydrogens is 396 g/mol. The predicted octanol–water partition coefficient (Wildman–Crippen LogP) is 2.14. The second-order valence-corrected chi connectivity index (χ2v) is 7.43. The van der Waals surface area contributed by atoms with Gasteiger partial charge in [0.05, 0.1) is 48.8 Å². The molecule has 4 aromatic rings. The standard InChI is InChI=1S/C21H22N8O2/c1-31-8-7-29-20-15(11-22-29)9-19-23-18(20)13-28-12-16(26-27-28)10-17(24-21(30)25-19)14-5-3-2-4-6-14/h2-6,9,11-12,17H,7-8,10,13H2,1H3,(H2,23,24,25,30). The van der Waals surface area contributed by atoms with Gasteiger partial charge in [-0.05, 0) is 11.6 Å². The van der Waals surface area contributed by atoms with E-state index in [0.717, 1.165) is 27.9 Å². The van der Waals surface area contributed by atoms with E-state index in [1.165, 1.54) is 0 Å². The van der Waals surface area contributed by atoms with Crippen molar-refractivity contribution in [3.63, 3.8) is 0 Å². The number of fused-ring (bicyclic) bond motifs is 6. The molecule has 3 aromatic heterocycles. The molecule has 4 heterocycles. The largest absolute Gasteiger partial charge is 0.383 e. The van der Waals surface area contributed by atoms with Crippen LogP contribution in [0, 0.1) is 0 Å². The first-order chi connectivity index (χ1) is 15.2. The quantitative estimate of drug-likeness (QED) is 0.525. The van der Waals surface area contributed by atoms with E-state index < -0.39 is 0 Å². The van der Waals surface area contributed by atoms with Crippen LogP contribution < -0.4 is 10.6 Å². The molecule has 5 rings (SSSR count). The summed E-state index contributed by atoms with van der Waals surface area (Å²) < 4.78 is 8.82. The fourth-order valence-electron chi connectivity index (χ4n) is 3.84. The molecule has 1 aromatic carbocycles. The Kier molecular flexibility index (Phi) is 5.04. The van der Waals surface area contributed by atoms with Crippen LogP contribution in [0.25, 0.3) is 10.9 Å². The maximum absolute atomic E-state index is 12.8. The molecule has 1 unspecified atom stereocenters. The molecule has 31 heavy (non-hydrogen) atoms. The minimum absolute atomic E-state index is 0.245. The molecule has 0 spiro atoms. The molecule has 0 saturated carbocycles. The number of hydrogen-bond acceptors (Lipinski definition) is 6. The number of anilines is 1. The fraction of sp³-hybridized carbons (Fsp3) is 0.286. The van der Waals surface area contributed by atoms with Gasteiger partial charge in [-0.25, -0.2) is 14.5 Å². The summed E-state index contributed by atoms with van der Waals surface area (Å²) in [6, 6.07) is 11.1. The monoisotopic (exact) mass is 418 g/mol. The van der Waals surface area contributed by atoms with Gasteiger partial charge in [-0.15, -0.1) is 5.10 Å². The highest BCUT2D eigenvalue weighted by atomic mass is 16.5. The first-order valence-corrected chi connectivity index (χ1v) is 10.1. The molecule has 1 atom stereocenters. The van der Waals surface area contributed by atoms with Gasteiger partial charge < -0.3 is 10.1 Å². The maximum atomic E-state index is 12.8. The SMILES string of the molecule is COCCn1ncc2cc3nc(c21)Cn1cc(nn1)CC(c1ccccc1)NC(=O)N3. The Hall–Kier alpha value is -3.79. The van der Waals surface area contributed by atoms with Gasteiger partial charge in [0, 0.05) is 25.1 Å². The molecule has 158 valence electrons. The van der Waals surface area contributed by atoms with Crippen LogP contribution in [0.5, 0.6) is 0 Å². The van der Waals surface area contributed by atoms with Gasteiger partial charge in [0.15, 0.2) is 0 Å². The third-order valence-corrected chi connectivity index (χ3v) is 5.26. The van der Waals surface area contributed by atoms with Gasteiger partial charge in [-0.3, -0.25) is 10.00 Å². The van der Waals surface area contributed by atoms with Gasteiger partial charge in [0.2, 0.25) is 0 Å². The number of amides is 2. The zero-order valence-corrected chi connectivity index (χ0v) is 17.0. The minimum atomic E-state index is -0.327. The number of aromatic nitrogens is 6.